The van der Waals surface area contributed by atoms with Crippen LogP contribution >= 0.6 is 10.9 Å². The molecule has 1 aliphatic rings. The maximum atomic E-state index is 10.6. The molecule has 1 saturated heterocycles. The van der Waals surface area contributed by atoms with Gasteiger partial charge in [-0.15, -0.1) is 0 Å². The largest absolute Gasteiger partial charge is 0.492 e. The van der Waals surface area contributed by atoms with Crippen molar-refractivity contribution >= 4 is 16.9 Å². The van der Waals surface area contributed by atoms with Crippen LogP contribution in [0.25, 0.3) is 0 Å². The molecule has 170 valence electrons. The van der Waals surface area contributed by atoms with Gasteiger partial charge in [0.2, 0.25) is 0 Å². The second-order valence-electron chi connectivity index (χ2n) is 8.13. The number of guanidine groups is 1. The van der Waals surface area contributed by atoms with Gasteiger partial charge in [0.1, 0.15) is 18.5 Å². The van der Waals surface area contributed by atoms with Crippen molar-refractivity contribution in [3.63, 3.8) is 0 Å². The third-order valence-corrected chi connectivity index (χ3v) is 8.24. The molecule has 0 bridgehead atoms. The van der Waals surface area contributed by atoms with E-state index in [2.05, 4.69) is 30.6 Å². The first-order chi connectivity index (χ1) is 14.8. The minimum Gasteiger partial charge on any atom is -0.492 e. The fourth-order valence-corrected chi connectivity index (χ4v) is 6.39. The van der Waals surface area contributed by atoms with Crippen molar-refractivity contribution in [1.29, 1.82) is 5.41 Å². The van der Waals surface area contributed by atoms with Crippen LogP contribution in [-0.2, 0) is 6.42 Å². The van der Waals surface area contributed by atoms with Gasteiger partial charge in [0.05, 0.1) is 18.8 Å². The number of benzene rings is 2. The lowest BCUT2D eigenvalue weighted by molar-refractivity contribution is -0.0561. The van der Waals surface area contributed by atoms with Crippen molar-refractivity contribution in [3.8, 4) is 5.75 Å². The molecule has 0 saturated carbocycles. The van der Waals surface area contributed by atoms with Crippen molar-refractivity contribution in [2.24, 2.45) is 5.73 Å². The van der Waals surface area contributed by atoms with E-state index in [-0.39, 0.29) is 11.2 Å². The van der Waals surface area contributed by atoms with E-state index in [1.54, 1.807) is 0 Å². The third-order valence-electron chi connectivity index (χ3n) is 5.74. The van der Waals surface area contributed by atoms with Crippen LogP contribution < -0.4 is 15.8 Å². The van der Waals surface area contributed by atoms with Gasteiger partial charge in [-0.3, -0.25) is 5.41 Å². The first-order valence-electron chi connectivity index (χ1n) is 10.4. The number of aliphatic hydroxyl groups is 3. The number of hydrogen-bond acceptors (Lipinski definition) is 5. The van der Waals surface area contributed by atoms with E-state index < -0.39 is 29.2 Å². The number of nitrogens with two attached hydrogens (primary N) is 1. The van der Waals surface area contributed by atoms with Crippen LogP contribution in [0.2, 0.25) is 0 Å². The molecule has 1 aliphatic heterocycles. The minimum atomic E-state index is -1.10. The summed E-state index contributed by atoms with van der Waals surface area (Å²) < 4.78 is 5.64. The van der Waals surface area contributed by atoms with Crippen LogP contribution in [0, 0.1) is 12.3 Å². The van der Waals surface area contributed by atoms with Crippen LogP contribution in [0.3, 0.4) is 0 Å². The van der Waals surface area contributed by atoms with E-state index in [9.17, 15) is 15.3 Å². The smallest absolute Gasteiger partial charge is 0.185 e. The number of thiol groups is 1. The minimum absolute atomic E-state index is 0.0707. The molecule has 2 aromatic carbocycles. The number of aryl methyl sites for hydroxylation is 1. The molecular weight excluding hydrogens is 414 g/mol. The van der Waals surface area contributed by atoms with Crippen LogP contribution in [0.15, 0.2) is 42.5 Å². The topological polar surface area (TPSA) is 132 Å². The predicted molar refractivity (Wildman–Crippen MR) is 126 cm³/mol. The number of hydrogen-bond donors (Lipinski definition) is 7. The van der Waals surface area contributed by atoms with E-state index in [1.165, 1.54) is 11.1 Å². The van der Waals surface area contributed by atoms with E-state index >= 15 is 0 Å². The monoisotopic (exact) mass is 447 g/mol. The zero-order valence-electron chi connectivity index (χ0n) is 18.0. The van der Waals surface area contributed by atoms with Crippen molar-refractivity contribution < 1.29 is 20.1 Å². The maximum Gasteiger partial charge on any atom is 0.185 e. The molecule has 1 fully saturated rings. The van der Waals surface area contributed by atoms with Crippen LogP contribution in [-0.4, -0.2) is 64.8 Å². The average Bonchev–Trinajstić information content (AvgIpc) is 2.73. The molecule has 0 aliphatic carbocycles. The summed E-state index contributed by atoms with van der Waals surface area (Å²) in [5.41, 5.74) is 9.75. The Balaban J connectivity index is 1.69. The van der Waals surface area contributed by atoms with Gasteiger partial charge in [0.15, 0.2) is 5.96 Å². The first kappa shape index (κ1) is 23.4. The highest BCUT2D eigenvalue weighted by molar-refractivity contribution is 8.16. The van der Waals surface area contributed by atoms with Gasteiger partial charge in [-0.05, 0) is 54.0 Å². The molecule has 0 amide bonds. The molecule has 5 atom stereocenters. The molecule has 0 radical (unpaired) electrons. The lowest BCUT2D eigenvalue weighted by Gasteiger charge is -2.42. The fraction of sp³-hybridized carbons (Fsp3) is 0.435. The summed E-state index contributed by atoms with van der Waals surface area (Å²) in [6.07, 6.45) is -0.0912. The highest BCUT2D eigenvalue weighted by Crippen LogP contribution is 2.48. The van der Waals surface area contributed by atoms with E-state index in [4.69, 9.17) is 15.9 Å². The zero-order chi connectivity index (χ0) is 22.5. The summed E-state index contributed by atoms with van der Waals surface area (Å²) in [7, 11) is -0.637. The second-order valence-corrected chi connectivity index (χ2v) is 10.6. The highest BCUT2D eigenvalue weighted by atomic mass is 32.2. The van der Waals surface area contributed by atoms with Gasteiger partial charge in [-0.25, -0.2) is 10.9 Å². The van der Waals surface area contributed by atoms with Gasteiger partial charge in [0.25, 0.3) is 0 Å². The normalized spacial score (nSPS) is 26.9. The Morgan fingerprint density at radius 1 is 1.16 bits per heavy atom. The van der Waals surface area contributed by atoms with Crippen molar-refractivity contribution in [2.75, 3.05) is 25.2 Å². The van der Waals surface area contributed by atoms with Crippen molar-refractivity contribution in [1.82, 2.24) is 5.32 Å². The summed E-state index contributed by atoms with van der Waals surface area (Å²) in [6, 6.07) is 14.1. The zero-order valence-corrected chi connectivity index (χ0v) is 18.8. The number of aliphatic hydroxyl groups excluding tert-OH is 3. The Hall–Kier alpha value is -2.26. The van der Waals surface area contributed by atoms with E-state index in [0.29, 0.717) is 18.9 Å². The second kappa shape index (κ2) is 10.4. The molecule has 7 nitrogen and oxygen atoms in total. The molecule has 1 unspecified atom stereocenters. The van der Waals surface area contributed by atoms with Crippen LogP contribution in [0.1, 0.15) is 27.5 Å². The van der Waals surface area contributed by atoms with E-state index in [0.717, 1.165) is 23.3 Å². The van der Waals surface area contributed by atoms with Crippen LogP contribution in [0.5, 0.6) is 5.75 Å². The lowest BCUT2D eigenvalue weighted by Crippen LogP contribution is -2.47. The van der Waals surface area contributed by atoms with Gasteiger partial charge >= 0.3 is 0 Å². The molecule has 7 N–H and O–H groups in total. The summed E-state index contributed by atoms with van der Waals surface area (Å²) in [5.74, 6) is 1.22. The van der Waals surface area contributed by atoms with Crippen LogP contribution in [0.4, 0.5) is 0 Å². The summed E-state index contributed by atoms with van der Waals surface area (Å²) in [6.45, 7) is 2.97. The summed E-state index contributed by atoms with van der Waals surface area (Å²) in [5, 5.41) is 40.4. The lowest BCUT2D eigenvalue weighted by atomic mass is 9.94. The Labute approximate surface area is 186 Å². The average molecular weight is 448 g/mol. The molecule has 0 spiro atoms. The predicted octanol–water partition coefficient (Wildman–Crippen LogP) is 1.22. The Bertz CT molecular complexity index is 893. The molecule has 2 aromatic rings. The Morgan fingerprint density at radius 2 is 1.87 bits per heavy atom. The molecular formula is C23H33N3O4S. The molecule has 0 aromatic heterocycles. The van der Waals surface area contributed by atoms with Gasteiger partial charge < -0.3 is 31.1 Å². The molecule has 1 heterocycles. The maximum absolute atomic E-state index is 10.6. The van der Waals surface area contributed by atoms with Gasteiger partial charge in [-0.1, -0.05) is 30.3 Å². The van der Waals surface area contributed by atoms with Gasteiger partial charge in [-0.2, -0.15) is 0 Å². The van der Waals surface area contributed by atoms with Crippen molar-refractivity contribution in [3.05, 3.63) is 64.7 Å². The Morgan fingerprint density at radius 3 is 2.55 bits per heavy atom. The van der Waals surface area contributed by atoms with Gasteiger partial charge in [0, 0.05) is 11.0 Å². The molecule has 31 heavy (non-hydrogen) atoms. The Kier molecular flexibility index (Phi) is 7.83. The molecule has 8 heteroatoms. The number of nitrogens with one attached hydrogen (secondary N) is 2. The number of rotatable bonds is 7. The quantitative estimate of drug-likeness (QED) is 0.148. The summed E-state index contributed by atoms with van der Waals surface area (Å²) in [4.78, 5) is 0. The van der Waals surface area contributed by atoms with Crippen molar-refractivity contribution in [2.45, 2.75) is 36.9 Å². The standard InChI is InChI=1S/C23H33N3O4S/c1-14-3-6-16(22-21(29)20(28)19(27)13-31(22)2)12-17(14)11-15-4-7-18(8-5-15)30-10-9-26-23(24)25/h3-8,12,19-22,27-29,31H,9-11,13H2,1-2H3,(H4,24,25,26)/t19-,20-,21-,22+/m1/s1. The molecule has 3 rings (SSSR count). The highest BCUT2D eigenvalue weighted by Gasteiger charge is 2.40. The number of ether oxygens (including phenoxy) is 1. The van der Waals surface area contributed by atoms with E-state index in [1.807, 2.05) is 30.3 Å². The fourth-order valence-electron chi connectivity index (χ4n) is 3.99. The SMILES string of the molecule is Cc1ccc([C@H]2[C@H](O)[C@H](O)[C@H](O)C[SH]2C)cc1Cc1ccc(OCCNC(=N)N)cc1. The third kappa shape index (κ3) is 5.92. The first-order valence-corrected chi connectivity index (χ1v) is 12.4. The summed E-state index contributed by atoms with van der Waals surface area (Å²) >= 11 is 0.